The number of carbonyl (C=O) groups excluding carboxylic acids is 5. The molecule has 0 spiro atoms. The largest absolute Gasteiger partial charge is 0.466 e. The number of hydrogen-bond acceptors (Lipinski definition) is 11. The summed E-state index contributed by atoms with van der Waals surface area (Å²) < 4.78 is 26.5. The lowest BCUT2D eigenvalue weighted by Gasteiger charge is -2.27. The van der Waals surface area contributed by atoms with Gasteiger partial charge in [-0.05, 0) is 25.5 Å². The van der Waals surface area contributed by atoms with Crippen LogP contribution in [0.4, 0.5) is 5.69 Å². The van der Waals surface area contributed by atoms with E-state index in [2.05, 4.69) is 10.6 Å². The van der Waals surface area contributed by atoms with Gasteiger partial charge in [-0.2, -0.15) is 0 Å². The van der Waals surface area contributed by atoms with E-state index >= 15 is 0 Å². The molecular formula is C26H35N3O10. The fourth-order valence-corrected chi connectivity index (χ4v) is 4.07. The number of benzene rings is 1. The van der Waals surface area contributed by atoms with Crippen molar-refractivity contribution in [1.82, 2.24) is 10.2 Å². The Kier molecular flexibility index (Phi) is 12.3. The van der Waals surface area contributed by atoms with Crippen LogP contribution in [0.15, 0.2) is 18.2 Å². The Morgan fingerprint density at radius 1 is 0.923 bits per heavy atom. The van der Waals surface area contributed by atoms with Gasteiger partial charge in [-0.25, -0.2) is 0 Å². The second-order valence-electron chi connectivity index (χ2n) is 8.61. The van der Waals surface area contributed by atoms with E-state index in [-0.39, 0.29) is 36.4 Å². The maximum absolute atomic E-state index is 13.1. The predicted octanol–water partition coefficient (Wildman–Crippen LogP) is 0.519. The van der Waals surface area contributed by atoms with Crippen molar-refractivity contribution < 1.29 is 47.7 Å². The molecule has 13 nitrogen and oxygen atoms in total. The molecule has 13 heteroatoms. The summed E-state index contributed by atoms with van der Waals surface area (Å²) in [6, 6.07) is 3.88. The summed E-state index contributed by atoms with van der Waals surface area (Å²) in [7, 11) is 0. The Morgan fingerprint density at radius 3 is 2.21 bits per heavy atom. The van der Waals surface area contributed by atoms with Gasteiger partial charge in [0.1, 0.15) is 6.04 Å². The highest BCUT2D eigenvalue weighted by Gasteiger charge is 2.45. The van der Waals surface area contributed by atoms with Gasteiger partial charge in [-0.15, -0.1) is 0 Å². The summed E-state index contributed by atoms with van der Waals surface area (Å²) in [4.78, 5) is 61.7. The Balaban J connectivity index is 1.26. The number of piperidine rings is 1. The number of carbonyl (C=O) groups is 5. The zero-order chi connectivity index (χ0) is 28.0. The number of nitrogens with zero attached hydrogens (tertiary/aromatic N) is 1. The van der Waals surface area contributed by atoms with Gasteiger partial charge in [0.05, 0.1) is 77.0 Å². The molecule has 2 N–H and O–H groups in total. The summed E-state index contributed by atoms with van der Waals surface area (Å²) in [5.41, 5.74) is 0.900. The maximum Gasteiger partial charge on any atom is 0.308 e. The number of esters is 1. The van der Waals surface area contributed by atoms with Crippen molar-refractivity contribution in [3.63, 3.8) is 0 Å². The molecule has 4 amide bonds. The molecule has 2 aliphatic rings. The van der Waals surface area contributed by atoms with Crippen LogP contribution in [-0.2, 0) is 38.1 Å². The first-order valence-corrected chi connectivity index (χ1v) is 13.0. The van der Waals surface area contributed by atoms with Gasteiger partial charge in [0.2, 0.25) is 11.8 Å². The minimum Gasteiger partial charge on any atom is -0.466 e. The smallest absolute Gasteiger partial charge is 0.308 e. The van der Waals surface area contributed by atoms with E-state index in [4.69, 9.17) is 23.7 Å². The van der Waals surface area contributed by atoms with Crippen LogP contribution in [0, 0.1) is 0 Å². The van der Waals surface area contributed by atoms with Crippen LogP contribution in [0.1, 0.15) is 46.9 Å². The van der Waals surface area contributed by atoms with Gasteiger partial charge in [-0.3, -0.25) is 34.2 Å². The second kappa shape index (κ2) is 15.9. The molecule has 1 fully saturated rings. The standard InChI is InChI=1S/C26H35N3O10/c1-2-39-22(31)8-10-35-12-14-37-16-17-38-15-13-36-11-9-27-19-5-3-4-18-23(19)26(34)29(25(18)33)20-6-7-21(30)28-24(20)32/h3-5,20,27H,2,6-17H2,1H3,(H,28,30,32). The molecule has 0 aliphatic carbocycles. The summed E-state index contributed by atoms with van der Waals surface area (Å²) in [5.74, 6) is -2.45. The molecule has 1 atom stereocenters. The Labute approximate surface area is 226 Å². The number of ether oxygens (including phenoxy) is 5. The van der Waals surface area contributed by atoms with E-state index < -0.39 is 29.7 Å². The molecule has 1 unspecified atom stereocenters. The molecule has 1 saturated heterocycles. The lowest BCUT2D eigenvalue weighted by molar-refractivity contribution is -0.144. The molecule has 0 bridgehead atoms. The van der Waals surface area contributed by atoms with Gasteiger partial charge < -0.3 is 29.0 Å². The van der Waals surface area contributed by atoms with E-state index in [9.17, 15) is 24.0 Å². The minimum atomic E-state index is -1.01. The highest BCUT2D eigenvalue weighted by molar-refractivity contribution is 6.25. The number of anilines is 1. The monoisotopic (exact) mass is 549 g/mol. The van der Waals surface area contributed by atoms with Crippen molar-refractivity contribution in [2.24, 2.45) is 0 Å². The number of nitrogens with one attached hydrogen (secondary N) is 2. The van der Waals surface area contributed by atoms with Gasteiger partial charge >= 0.3 is 5.97 Å². The maximum atomic E-state index is 13.1. The number of fused-ring (bicyclic) bond motifs is 1. The fraction of sp³-hybridized carbons (Fsp3) is 0.577. The van der Waals surface area contributed by atoms with Gasteiger partial charge in [0.25, 0.3) is 11.8 Å². The first-order chi connectivity index (χ1) is 18.9. The topological polar surface area (TPSA) is 159 Å². The minimum absolute atomic E-state index is 0.0672. The highest BCUT2D eigenvalue weighted by atomic mass is 16.6. The molecule has 0 radical (unpaired) electrons. The zero-order valence-electron chi connectivity index (χ0n) is 22.0. The van der Waals surface area contributed by atoms with E-state index in [1.165, 1.54) is 0 Å². The fourth-order valence-electron chi connectivity index (χ4n) is 4.07. The third-order valence-corrected chi connectivity index (χ3v) is 5.90. The molecule has 214 valence electrons. The van der Waals surface area contributed by atoms with Crippen LogP contribution in [-0.4, -0.2) is 107 Å². The van der Waals surface area contributed by atoms with Gasteiger partial charge in [-0.1, -0.05) is 6.07 Å². The molecule has 0 saturated carbocycles. The van der Waals surface area contributed by atoms with Crippen LogP contribution < -0.4 is 10.6 Å². The molecule has 0 aromatic heterocycles. The summed E-state index contributed by atoms with van der Waals surface area (Å²) in [5, 5.41) is 5.30. The molecule has 1 aromatic rings. The number of hydrogen-bond donors (Lipinski definition) is 2. The van der Waals surface area contributed by atoms with E-state index in [0.717, 1.165) is 4.90 Å². The van der Waals surface area contributed by atoms with E-state index in [1.54, 1.807) is 25.1 Å². The average molecular weight is 550 g/mol. The van der Waals surface area contributed by atoms with Crippen molar-refractivity contribution >= 4 is 35.3 Å². The quantitative estimate of drug-likeness (QED) is 0.149. The van der Waals surface area contributed by atoms with Crippen molar-refractivity contribution in [1.29, 1.82) is 0 Å². The van der Waals surface area contributed by atoms with Crippen LogP contribution >= 0.6 is 0 Å². The molecular weight excluding hydrogens is 514 g/mol. The first-order valence-electron chi connectivity index (χ1n) is 13.0. The Morgan fingerprint density at radius 2 is 1.56 bits per heavy atom. The molecule has 2 heterocycles. The van der Waals surface area contributed by atoms with Crippen molar-refractivity contribution in [2.45, 2.75) is 32.2 Å². The van der Waals surface area contributed by atoms with Crippen LogP contribution in [0.3, 0.4) is 0 Å². The van der Waals surface area contributed by atoms with Gasteiger partial charge in [0.15, 0.2) is 0 Å². The summed E-state index contributed by atoms with van der Waals surface area (Å²) in [6.07, 6.45) is 0.395. The first kappa shape index (κ1) is 30.2. The van der Waals surface area contributed by atoms with Gasteiger partial charge in [0, 0.05) is 18.7 Å². The van der Waals surface area contributed by atoms with Crippen LogP contribution in [0.25, 0.3) is 0 Å². The summed E-state index contributed by atoms with van der Waals surface area (Å²) in [6.45, 7) is 5.48. The Hall–Kier alpha value is -3.39. The highest BCUT2D eigenvalue weighted by Crippen LogP contribution is 2.32. The molecule has 1 aromatic carbocycles. The normalized spacial score (nSPS) is 16.8. The lowest BCUT2D eigenvalue weighted by atomic mass is 10.0. The molecule has 3 rings (SSSR count). The third kappa shape index (κ3) is 8.82. The Bertz CT molecular complexity index is 1030. The molecule has 2 aliphatic heterocycles. The van der Waals surface area contributed by atoms with Crippen LogP contribution in [0.5, 0.6) is 0 Å². The van der Waals surface area contributed by atoms with Crippen molar-refractivity contribution in [3.05, 3.63) is 29.3 Å². The number of rotatable bonds is 18. The zero-order valence-corrected chi connectivity index (χ0v) is 22.0. The summed E-state index contributed by atoms with van der Waals surface area (Å²) >= 11 is 0. The van der Waals surface area contributed by atoms with Crippen molar-refractivity contribution in [3.8, 4) is 0 Å². The van der Waals surface area contributed by atoms with Crippen LogP contribution in [0.2, 0.25) is 0 Å². The van der Waals surface area contributed by atoms with Crippen molar-refractivity contribution in [2.75, 3.05) is 71.3 Å². The predicted molar refractivity (Wildman–Crippen MR) is 136 cm³/mol. The SMILES string of the molecule is CCOC(=O)CCOCCOCCOCCOCCNc1cccc2c1C(=O)N(C1CCC(=O)NC1=O)C2=O. The van der Waals surface area contributed by atoms with E-state index in [1.807, 2.05) is 0 Å². The second-order valence-corrected chi connectivity index (χ2v) is 8.61. The average Bonchev–Trinajstić information content (AvgIpc) is 3.16. The third-order valence-electron chi connectivity index (χ3n) is 5.90. The lowest BCUT2D eigenvalue weighted by Crippen LogP contribution is -2.54. The molecule has 39 heavy (non-hydrogen) atoms. The number of amides is 4. The number of imide groups is 2. The van der Waals surface area contributed by atoms with E-state index in [0.29, 0.717) is 71.7 Å².